The van der Waals surface area contributed by atoms with Crippen molar-refractivity contribution in [2.24, 2.45) is 13.0 Å². The number of ether oxygens (including phenoxy) is 2. The summed E-state index contributed by atoms with van der Waals surface area (Å²) in [6.07, 6.45) is 10.8. The molecule has 21 heteroatoms. The zero-order chi connectivity index (χ0) is 62.8. The molecule has 3 amide bonds. The van der Waals surface area contributed by atoms with Crippen molar-refractivity contribution < 1.29 is 42.2 Å². The van der Waals surface area contributed by atoms with Crippen LogP contribution in [0.2, 0.25) is 16.6 Å². The smallest absolute Gasteiger partial charge is 0.409 e. The third-order valence-electron chi connectivity index (χ3n) is 21.4. The van der Waals surface area contributed by atoms with Crippen LogP contribution < -0.4 is 25.1 Å². The quantitative estimate of drug-likeness (QED) is 0.0648. The van der Waals surface area contributed by atoms with Crippen LogP contribution in [0, 0.1) is 17.6 Å². The third-order valence-corrected chi connectivity index (χ3v) is 27.4. The fraction of sp³-hybridized carbons (Fsp3) is 0.603. The number of fused-ring (bicyclic) bond motifs is 4. The maximum Gasteiger partial charge on any atom is 0.409 e. The van der Waals surface area contributed by atoms with Gasteiger partial charge in [-0.1, -0.05) is 60.6 Å². The maximum atomic E-state index is 18.0. The Morgan fingerprint density at radius 2 is 1.60 bits per heavy atom. The van der Waals surface area contributed by atoms with Gasteiger partial charge in [0.2, 0.25) is 11.8 Å². The molecule has 3 aromatic heterocycles. The number of nitrogens with zero attached hydrogens (tertiary/aromatic N) is 9. The first kappa shape index (κ1) is 62.6. The number of aromatic nitrogens is 5. The fourth-order valence-electron chi connectivity index (χ4n) is 16.8. The molecule has 9 heterocycles. The van der Waals surface area contributed by atoms with E-state index in [1.54, 1.807) is 30.8 Å². The molecule has 0 aliphatic carbocycles. The van der Waals surface area contributed by atoms with Gasteiger partial charge in [-0.2, -0.15) is 9.97 Å². The fourth-order valence-corrected chi connectivity index (χ4v) is 22.0. The number of pyridine rings is 1. The van der Waals surface area contributed by atoms with E-state index in [2.05, 4.69) is 68.8 Å². The van der Waals surface area contributed by atoms with Gasteiger partial charge >= 0.3 is 17.8 Å². The van der Waals surface area contributed by atoms with Gasteiger partial charge in [-0.15, -0.1) is 0 Å². The molecule has 6 aromatic rings. The molecule has 3 aromatic carbocycles. The van der Waals surface area contributed by atoms with Crippen LogP contribution in [0.4, 0.5) is 19.4 Å². The average Bonchev–Trinajstić information content (AvgIpc) is 1.71. The molecule has 89 heavy (non-hydrogen) atoms. The monoisotopic (exact) mass is 1240 g/mol. The van der Waals surface area contributed by atoms with Crippen LogP contribution in [0.15, 0.2) is 53.5 Å². The molecule has 6 saturated heterocycles. The number of β-amino-alcohol motifs (C(OH)–C–C–N with tert-alkyl or cyclic N) is 1. The predicted molar refractivity (Wildman–Crippen MR) is 343 cm³/mol. The van der Waals surface area contributed by atoms with Crippen molar-refractivity contribution in [1.82, 2.24) is 44.1 Å². The summed E-state index contributed by atoms with van der Waals surface area (Å²) in [5, 5.41) is 15.4. The number of benzene rings is 3. The van der Waals surface area contributed by atoms with Crippen molar-refractivity contribution in [3.05, 3.63) is 81.9 Å². The van der Waals surface area contributed by atoms with E-state index in [1.165, 1.54) is 16.2 Å². The second-order valence-corrected chi connectivity index (χ2v) is 33.3. The molecule has 6 aliphatic rings. The third kappa shape index (κ3) is 11.8. The molecular weight excluding hydrogens is 1150 g/mol. The normalized spacial score (nSPS) is 23.7. The Kier molecular flexibility index (Phi) is 17.5. The molecule has 478 valence electrons. The molecule has 2 N–H and O–H groups in total. The Morgan fingerprint density at radius 1 is 0.854 bits per heavy atom. The highest BCUT2D eigenvalue weighted by atomic mass is 28.4. The highest BCUT2D eigenvalue weighted by Gasteiger charge is 2.51. The van der Waals surface area contributed by atoms with Crippen molar-refractivity contribution in [2.45, 2.75) is 185 Å². The number of aliphatic hydroxyl groups is 1. The van der Waals surface area contributed by atoms with E-state index in [-0.39, 0.29) is 95.1 Å². The zero-order valence-electron chi connectivity index (χ0n) is 53.5. The Labute approximate surface area is 521 Å². The summed E-state index contributed by atoms with van der Waals surface area (Å²) in [7, 11) is -0.751. The van der Waals surface area contributed by atoms with E-state index in [9.17, 15) is 24.3 Å². The predicted octanol–water partition coefficient (Wildman–Crippen LogP) is 11.3. The van der Waals surface area contributed by atoms with Crippen LogP contribution in [-0.4, -0.2) is 153 Å². The van der Waals surface area contributed by atoms with Gasteiger partial charge in [0.15, 0.2) is 5.82 Å². The lowest BCUT2D eigenvalue weighted by Crippen LogP contribution is -2.50. The van der Waals surface area contributed by atoms with Crippen LogP contribution in [0.1, 0.15) is 156 Å². The van der Waals surface area contributed by atoms with Crippen LogP contribution in [0.3, 0.4) is 0 Å². The highest BCUT2D eigenvalue weighted by molar-refractivity contribution is 6.78. The standard InChI is InChI=1S/C68H90F2N10O8Si/c1-10-50-53(69)15-13-47-33-49(88-89(41(2)3,42(4)5)43(6)7)35-51(58(47)50)60-59(70)61-52(36-71-60)62(78-27-11-24-67(8,85)39-78)74-64(73-61)87-40-68-25-12-28-79(68)48(19-26-68)38-86-66(84)77-31-20-44(21-32-77)37-76-29-22-45(23-30-76)46-14-16-54-56(34-46)75(9)65(83)80(54)55-17-18-57(81)72-63(55)82/h13-16,33-36,41-45,48,55,85H,10-12,17-32,37-40H2,1-9H3,(H,72,81,82)/t48-,55?,67+,68+/m0/s1. The average molecular weight is 1240 g/mol. The molecule has 0 radical (unpaired) electrons. The molecule has 6 fully saturated rings. The number of hydrogen-bond acceptors (Lipinski definition) is 14. The number of rotatable bonds is 17. The molecule has 0 saturated carbocycles. The van der Waals surface area contributed by atoms with Gasteiger partial charge < -0.3 is 33.7 Å². The first-order valence-electron chi connectivity index (χ1n) is 32.9. The van der Waals surface area contributed by atoms with Crippen LogP contribution in [0.5, 0.6) is 11.8 Å². The number of carbonyl (C=O) groups excluding carboxylic acids is 3. The Morgan fingerprint density at radius 3 is 2.30 bits per heavy atom. The van der Waals surface area contributed by atoms with Crippen LogP contribution in [-0.2, 0) is 27.8 Å². The SMILES string of the molecule is CCc1c(F)ccc2cc(O[Si](C(C)C)(C(C)C)C(C)C)cc(-c3ncc4c(N5CCC[C@@](C)(O)C5)nc(OC[C@]56CCCN5[C@H](COC(=O)N5CCC(CN7CCC(c8ccc9c(c8)n(C)c(=O)n9C8CCC(=O)NC8=O)CC7)CC5)CC6)nc4c3F)c12. The maximum absolute atomic E-state index is 18.0. The second-order valence-electron chi connectivity index (χ2n) is 27.9. The molecule has 12 rings (SSSR count). The molecule has 6 aliphatic heterocycles. The lowest BCUT2D eigenvalue weighted by molar-refractivity contribution is -0.135. The Bertz CT molecular complexity index is 3720. The summed E-state index contributed by atoms with van der Waals surface area (Å²) in [4.78, 5) is 75.2. The minimum Gasteiger partial charge on any atom is -0.543 e. The zero-order valence-corrected chi connectivity index (χ0v) is 54.5. The highest BCUT2D eigenvalue weighted by Crippen LogP contribution is 2.47. The van der Waals surface area contributed by atoms with E-state index < -0.39 is 31.7 Å². The second kappa shape index (κ2) is 24.9. The number of imide groups is 1. The first-order valence-corrected chi connectivity index (χ1v) is 35.1. The van der Waals surface area contributed by atoms with Crippen molar-refractivity contribution in [1.29, 1.82) is 0 Å². The van der Waals surface area contributed by atoms with Crippen molar-refractivity contribution in [3.8, 4) is 23.0 Å². The summed E-state index contributed by atoms with van der Waals surface area (Å²) in [6.45, 7) is 23.5. The minimum atomic E-state index is -2.49. The number of aryl methyl sites for hydroxylation is 2. The number of amides is 3. The van der Waals surface area contributed by atoms with Crippen molar-refractivity contribution in [3.63, 3.8) is 0 Å². The van der Waals surface area contributed by atoms with Crippen LogP contribution >= 0.6 is 0 Å². The summed E-state index contributed by atoms with van der Waals surface area (Å²) in [5.41, 5.74) is 2.82. The van der Waals surface area contributed by atoms with Gasteiger partial charge in [0, 0.05) is 64.0 Å². The number of halogens is 2. The van der Waals surface area contributed by atoms with E-state index in [4.69, 9.17) is 28.9 Å². The van der Waals surface area contributed by atoms with E-state index in [0.29, 0.717) is 96.1 Å². The topological polar surface area (TPSA) is 190 Å². The Hall–Kier alpha value is -6.55. The van der Waals surface area contributed by atoms with Crippen LogP contribution in [0.25, 0.3) is 44.0 Å². The van der Waals surface area contributed by atoms with Gasteiger partial charge in [0.25, 0.3) is 8.32 Å². The number of anilines is 1. The van der Waals surface area contributed by atoms with Crippen molar-refractivity contribution in [2.75, 3.05) is 70.5 Å². The molecular formula is C68H90F2N10O8Si. The van der Waals surface area contributed by atoms with Gasteiger partial charge in [-0.05, 0) is 184 Å². The summed E-state index contributed by atoms with van der Waals surface area (Å²) in [6, 6.07) is 12.5. The lowest BCUT2D eigenvalue weighted by Gasteiger charge is -2.42. The summed E-state index contributed by atoms with van der Waals surface area (Å²) < 4.78 is 57.1. The Balaban J connectivity index is 0.699. The van der Waals surface area contributed by atoms with Gasteiger partial charge in [-0.3, -0.25) is 33.9 Å². The van der Waals surface area contributed by atoms with E-state index in [1.807, 2.05) is 34.9 Å². The number of carbonyl (C=O) groups is 3. The lowest BCUT2D eigenvalue weighted by atomic mass is 9.88. The number of hydrogen-bond donors (Lipinski definition) is 2. The summed E-state index contributed by atoms with van der Waals surface area (Å²) >= 11 is 0. The largest absolute Gasteiger partial charge is 0.543 e. The van der Waals surface area contributed by atoms with Gasteiger partial charge in [-0.25, -0.2) is 18.4 Å². The molecule has 0 bridgehead atoms. The summed E-state index contributed by atoms with van der Waals surface area (Å²) in [5.74, 6) is 0.0655. The molecule has 0 spiro atoms. The van der Waals surface area contributed by atoms with Crippen molar-refractivity contribution >= 4 is 64.8 Å². The molecule has 4 atom stereocenters. The van der Waals surface area contributed by atoms with E-state index in [0.717, 1.165) is 88.4 Å². The first-order chi connectivity index (χ1) is 42.6. The van der Waals surface area contributed by atoms with Gasteiger partial charge in [0.1, 0.15) is 47.9 Å². The molecule has 18 nitrogen and oxygen atoms in total. The minimum absolute atomic E-state index is 0.00911. The number of imidazole rings is 1. The molecule has 1 unspecified atom stereocenters. The number of piperidine rings is 4. The van der Waals surface area contributed by atoms with Gasteiger partial charge in [0.05, 0.1) is 27.6 Å². The van der Waals surface area contributed by atoms with E-state index >= 15 is 8.78 Å². The number of nitrogens with one attached hydrogen (secondary N) is 1. The number of likely N-dealkylation sites (tertiary alicyclic amines) is 2.